The van der Waals surface area contributed by atoms with Crippen LogP contribution in [0.15, 0.2) is 30.3 Å². The van der Waals surface area contributed by atoms with Crippen molar-refractivity contribution in [3.63, 3.8) is 0 Å². The van der Waals surface area contributed by atoms with E-state index in [1.165, 1.54) is 6.92 Å². The van der Waals surface area contributed by atoms with Gasteiger partial charge in [-0.25, -0.2) is 0 Å². The molecule has 18 heavy (non-hydrogen) atoms. The Bertz CT molecular complexity index is 417. The van der Waals surface area contributed by atoms with Gasteiger partial charge in [0.05, 0.1) is 12.7 Å². The zero-order valence-corrected chi connectivity index (χ0v) is 9.74. The Morgan fingerprint density at radius 1 is 1.28 bits per heavy atom. The first-order chi connectivity index (χ1) is 8.38. The average molecular weight is 258 g/mol. The summed E-state index contributed by atoms with van der Waals surface area (Å²) in [7, 11) is 0. The minimum atomic E-state index is -4.60. The number of alkyl halides is 3. The first-order valence-corrected chi connectivity index (χ1v) is 5.31. The molecule has 98 valence electrons. The molecule has 0 aromatic heterocycles. The maximum Gasteiger partial charge on any atom is 0.457 e. The summed E-state index contributed by atoms with van der Waals surface area (Å²) in [6.45, 7) is 1.69. The summed E-state index contributed by atoms with van der Waals surface area (Å²) >= 11 is 0. The lowest BCUT2D eigenvalue weighted by atomic mass is 10.2. The van der Waals surface area contributed by atoms with E-state index in [4.69, 9.17) is 4.74 Å². The van der Waals surface area contributed by atoms with Gasteiger partial charge >= 0.3 is 6.18 Å². The minimum Gasteiger partial charge on any atom is -0.378 e. The fourth-order valence-corrected chi connectivity index (χ4v) is 1.17. The molecular weight excluding hydrogens is 245 g/mol. The van der Waals surface area contributed by atoms with Gasteiger partial charge in [-0.3, -0.25) is 0 Å². The third-order valence-electron chi connectivity index (χ3n) is 2.16. The molecule has 0 saturated heterocycles. The molecule has 5 heteroatoms. The molecule has 0 bridgehead atoms. The zero-order valence-electron chi connectivity index (χ0n) is 9.74. The van der Waals surface area contributed by atoms with Crippen LogP contribution in [0.1, 0.15) is 12.5 Å². The summed E-state index contributed by atoms with van der Waals surface area (Å²) in [6.07, 6.45) is -6.85. The van der Waals surface area contributed by atoms with Crippen LogP contribution in [0, 0.1) is 11.8 Å². The molecular formula is C13H13F3O2. The Morgan fingerprint density at radius 3 is 2.44 bits per heavy atom. The van der Waals surface area contributed by atoms with E-state index in [2.05, 4.69) is 0 Å². The molecule has 0 spiro atoms. The maximum absolute atomic E-state index is 11.8. The van der Waals surface area contributed by atoms with Crippen LogP contribution >= 0.6 is 0 Å². The lowest BCUT2D eigenvalue weighted by Crippen LogP contribution is -2.24. The molecule has 2 atom stereocenters. The van der Waals surface area contributed by atoms with E-state index in [1.54, 1.807) is 5.92 Å². The lowest BCUT2D eigenvalue weighted by Gasteiger charge is -2.15. The Balaban J connectivity index is 2.45. The van der Waals surface area contributed by atoms with Crippen molar-refractivity contribution in [2.24, 2.45) is 0 Å². The first-order valence-electron chi connectivity index (χ1n) is 5.31. The molecule has 0 amide bonds. The van der Waals surface area contributed by atoms with Crippen LogP contribution in [-0.4, -0.2) is 23.5 Å². The van der Waals surface area contributed by atoms with E-state index in [0.29, 0.717) is 0 Å². The first kappa shape index (κ1) is 14.6. The highest BCUT2D eigenvalue weighted by Gasteiger charge is 2.24. The van der Waals surface area contributed by atoms with Crippen molar-refractivity contribution in [2.75, 3.05) is 0 Å². The van der Waals surface area contributed by atoms with Crippen molar-refractivity contribution in [2.45, 2.75) is 31.9 Å². The number of benzene rings is 1. The van der Waals surface area contributed by atoms with Crippen molar-refractivity contribution in [1.29, 1.82) is 0 Å². The molecule has 0 radical (unpaired) electrons. The Hall–Kier alpha value is -1.51. The largest absolute Gasteiger partial charge is 0.457 e. The topological polar surface area (TPSA) is 29.5 Å². The molecule has 1 aromatic carbocycles. The van der Waals surface area contributed by atoms with E-state index in [1.807, 2.05) is 30.3 Å². The predicted octanol–water partition coefficient (Wildman–Crippen LogP) is 2.52. The quantitative estimate of drug-likeness (QED) is 0.841. The third kappa shape index (κ3) is 5.71. The fraction of sp³-hybridized carbons (Fsp3) is 0.385. The Morgan fingerprint density at radius 2 is 1.89 bits per heavy atom. The van der Waals surface area contributed by atoms with Crippen molar-refractivity contribution >= 4 is 0 Å². The van der Waals surface area contributed by atoms with E-state index >= 15 is 0 Å². The number of hydrogen-bond donors (Lipinski definition) is 1. The van der Waals surface area contributed by atoms with Gasteiger partial charge < -0.3 is 9.84 Å². The van der Waals surface area contributed by atoms with E-state index in [-0.39, 0.29) is 6.61 Å². The normalized spacial score (nSPS) is 14.5. The number of halogens is 3. The summed E-state index contributed by atoms with van der Waals surface area (Å²) in [5.74, 6) is 2.73. The highest BCUT2D eigenvalue weighted by molar-refractivity contribution is 5.14. The molecule has 0 saturated carbocycles. The number of aliphatic hydroxyl groups excluding tert-OH is 1. The standard InChI is InChI=1S/C13H13F3O2/c1-10(12(17)7-8-13(14,15)16)18-9-11-5-3-2-4-6-11/h2-6,10,12,17H,9H2,1H3. The monoisotopic (exact) mass is 258 g/mol. The fourth-order valence-electron chi connectivity index (χ4n) is 1.17. The molecule has 1 aromatic rings. The smallest absolute Gasteiger partial charge is 0.378 e. The van der Waals surface area contributed by atoms with E-state index in [9.17, 15) is 18.3 Å². The highest BCUT2D eigenvalue weighted by atomic mass is 19.4. The average Bonchev–Trinajstić information content (AvgIpc) is 2.33. The molecule has 1 rings (SSSR count). The molecule has 2 nitrogen and oxygen atoms in total. The van der Waals surface area contributed by atoms with Crippen LogP contribution in [-0.2, 0) is 11.3 Å². The summed E-state index contributed by atoms with van der Waals surface area (Å²) in [5, 5.41) is 9.36. The van der Waals surface area contributed by atoms with Gasteiger partial charge in [-0.15, -0.1) is 0 Å². The molecule has 1 N–H and O–H groups in total. The second-order valence-corrected chi connectivity index (χ2v) is 3.71. The summed E-state index contributed by atoms with van der Waals surface area (Å²) in [6, 6.07) is 9.13. The maximum atomic E-state index is 11.8. The molecule has 0 aliphatic carbocycles. The van der Waals surface area contributed by atoms with Gasteiger partial charge in [0, 0.05) is 5.92 Å². The lowest BCUT2D eigenvalue weighted by molar-refractivity contribution is -0.0705. The van der Waals surface area contributed by atoms with Gasteiger partial charge in [-0.05, 0) is 12.5 Å². The minimum absolute atomic E-state index is 0.215. The van der Waals surface area contributed by atoms with Crippen LogP contribution in [0.5, 0.6) is 0 Å². The van der Waals surface area contributed by atoms with Crippen molar-refractivity contribution in [1.82, 2.24) is 0 Å². The van der Waals surface area contributed by atoms with Crippen LogP contribution < -0.4 is 0 Å². The summed E-state index contributed by atoms with van der Waals surface area (Å²) < 4.78 is 40.6. The SMILES string of the molecule is CC(OCc1ccccc1)C(O)C#CC(F)(F)F. The highest BCUT2D eigenvalue weighted by Crippen LogP contribution is 2.12. The Labute approximate surface area is 103 Å². The predicted molar refractivity (Wildman–Crippen MR) is 60.5 cm³/mol. The number of ether oxygens (including phenoxy) is 1. The second-order valence-electron chi connectivity index (χ2n) is 3.71. The van der Waals surface area contributed by atoms with Crippen LogP contribution in [0.3, 0.4) is 0 Å². The number of aliphatic hydroxyl groups is 1. The third-order valence-corrected chi connectivity index (χ3v) is 2.16. The van der Waals surface area contributed by atoms with Gasteiger partial charge in [-0.2, -0.15) is 13.2 Å². The van der Waals surface area contributed by atoms with E-state index in [0.717, 1.165) is 11.5 Å². The molecule has 2 unspecified atom stereocenters. The zero-order chi connectivity index (χ0) is 13.6. The number of rotatable bonds is 4. The summed E-state index contributed by atoms with van der Waals surface area (Å²) in [5.41, 5.74) is 0.875. The van der Waals surface area contributed by atoms with Gasteiger partial charge in [0.2, 0.25) is 0 Å². The van der Waals surface area contributed by atoms with E-state index < -0.39 is 18.4 Å². The van der Waals surface area contributed by atoms with Gasteiger partial charge in [-0.1, -0.05) is 36.3 Å². The van der Waals surface area contributed by atoms with Crippen LogP contribution in [0.4, 0.5) is 13.2 Å². The summed E-state index contributed by atoms with van der Waals surface area (Å²) in [4.78, 5) is 0. The van der Waals surface area contributed by atoms with Gasteiger partial charge in [0.1, 0.15) is 6.10 Å². The molecule has 0 heterocycles. The second kappa shape index (κ2) is 6.43. The number of hydrogen-bond acceptors (Lipinski definition) is 2. The molecule has 0 fully saturated rings. The van der Waals surface area contributed by atoms with Crippen molar-refractivity contribution < 1.29 is 23.0 Å². The van der Waals surface area contributed by atoms with Crippen LogP contribution in [0.2, 0.25) is 0 Å². The van der Waals surface area contributed by atoms with Gasteiger partial charge in [0.25, 0.3) is 0 Å². The molecule has 0 aliphatic heterocycles. The van der Waals surface area contributed by atoms with Gasteiger partial charge in [0.15, 0.2) is 0 Å². The Kier molecular flexibility index (Phi) is 5.20. The molecule has 0 aliphatic rings. The van der Waals surface area contributed by atoms with Crippen molar-refractivity contribution in [3.8, 4) is 11.8 Å². The van der Waals surface area contributed by atoms with Crippen molar-refractivity contribution in [3.05, 3.63) is 35.9 Å². The van der Waals surface area contributed by atoms with Crippen LogP contribution in [0.25, 0.3) is 0 Å².